The van der Waals surface area contributed by atoms with E-state index in [1.165, 1.54) is 36.4 Å². The number of carbonyl (C=O) groups excluding carboxylic acids is 1. The second-order valence-corrected chi connectivity index (χ2v) is 6.00. The van der Waals surface area contributed by atoms with Gasteiger partial charge in [0.25, 0.3) is 0 Å². The molecule has 0 N–H and O–H groups in total. The summed E-state index contributed by atoms with van der Waals surface area (Å²) in [7, 11) is -2.42. The molecule has 9 heteroatoms. The Morgan fingerprint density at radius 1 is 1.40 bits per heavy atom. The van der Waals surface area contributed by atoms with Crippen LogP contribution in [0.5, 0.6) is 0 Å². The van der Waals surface area contributed by atoms with E-state index in [0.29, 0.717) is 0 Å². The minimum absolute atomic E-state index is 0.138. The summed E-state index contributed by atoms with van der Waals surface area (Å²) in [6, 6.07) is 2.76. The smallest absolute Gasteiger partial charge is 0.358 e. The Bertz CT molecular complexity index is 725. The molecule has 0 saturated carbocycles. The molecule has 0 unspecified atom stereocenters. The molecule has 20 heavy (non-hydrogen) atoms. The van der Waals surface area contributed by atoms with Crippen LogP contribution in [0.3, 0.4) is 0 Å². The van der Waals surface area contributed by atoms with Crippen molar-refractivity contribution in [3.8, 4) is 5.82 Å². The first-order valence-electron chi connectivity index (χ1n) is 5.66. The van der Waals surface area contributed by atoms with Crippen molar-refractivity contribution < 1.29 is 17.9 Å². The van der Waals surface area contributed by atoms with Crippen LogP contribution < -0.4 is 0 Å². The third-order valence-electron chi connectivity index (χ3n) is 2.59. The second-order valence-electron chi connectivity index (χ2n) is 3.75. The molecule has 0 saturated heterocycles. The van der Waals surface area contributed by atoms with Crippen molar-refractivity contribution in [3.05, 3.63) is 30.5 Å². The molecule has 8 nitrogen and oxygen atoms in total. The van der Waals surface area contributed by atoms with Gasteiger partial charge in [0.2, 0.25) is 0 Å². The Kier molecular flexibility index (Phi) is 3.79. The summed E-state index contributed by atoms with van der Waals surface area (Å²) in [5.74, 6) is -0.682. The molecule has 2 heterocycles. The van der Waals surface area contributed by atoms with Gasteiger partial charge in [-0.3, -0.25) is 0 Å². The zero-order valence-corrected chi connectivity index (χ0v) is 11.7. The summed E-state index contributed by atoms with van der Waals surface area (Å²) in [6.45, 7) is 1.49. The van der Waals surface area contributed by atoms with E-state index in [9.17, 15) is 13.2 Å². The van der Waals surface area contributed by atoms with E-state index in [4.69, 9.17) is 0 Å². The van der Waals surface area contributed by atoms with Crippen molar-refractivity contribution in [1.82, 2.24) is 19.7 Å². The monoisotopic (exact) mass is 296 g/mol. The molecular formula is C11H12N4O4S. The van der Waals surface area contributed by atoms with Gasteiger partial charge in [0.05, 0.1) is 12.9 Å². The van der Waals surface area contributed by atoms with Gasteiger partial charge in [-0.2, -0.15) is 5.10 Å². The molecule has 0 aliphatic rings. The molecular weight excluding hydrogens is 284 g/mol. The average Bonchev–Trinajstić information content (AvgIpc) is 3.00. The normalized spacial score (nSPS) is 11.3. The van der Waals surface area contributed by atoms with E-state index in [-0.39, 0.29) is 22.2 Å². The predicted molar refractivity (Wildman–Crippen MR) is 68.2 cm³/mol. The van der Waals surface area contributed by atoms with Crippen LogP contribution in [0, 0.1) is 0 Å². The van der Waals surface area contributed by atoms with Crippen LogP contribution >= 0.6 is 0 Å². The average molecular weight is 296 g/mol. The van der Waals surface area contributed by atoms with E-state index in [0.717, 1.165) is 7.11 Å². The van der Waals surface area contributed by atoms with Crippen molar-refractivity contribution in [1.29, 1.82) is 0 Å². The fourth-order valence-corrected chi connectivity index (χ4v) is 2.55. The highest BCUT2D eigenvalue weighted by Crippen LogP contribution is 2.18. The Balaban J connectivity index is 2.63. The molecule has 106 valence electrons. The van der Waals surface area contributed by atoms with Crippen molar-refractivity contribution in [3.63, 3.8) is 0 Å². The molecule has 0 amide bonds. The van der Waals surface area contributed by atoms with Gasteiger partial charge in [-0.05, 0) is 12.1 Å². The van der Waals surface area contributed by atoms with Crippen LogP contribution in [-0.2, 0) is 14.6 Å². The molecule has 0 aliphatic carbocycles. The topological polar surface area (TPSA) is 104 Å². The van der Waals surface area contributed by atoms with Crippen LogP contribution in [-0.4, -0.2) is 47.0 Å². The highest BCUT2D eigenvalue weighted by molar-refractivity contribution is 7.91. The number of sulfone groups is 1. The summed E-state index contributed by atoms with van der Waals surface area (Å²) < 4.78 is 29.8. The molecule has 0 spiro atoms. The summed E-state index contributed by atoms with van der Waals surface area (Å²) in [4.78, 5) is 19.3. The first kappa shape index (κ1) is 14.1. The van der Waals surface area contributed by atoms with Crippen LogP contribution in [0.1, 0.15) is 17.4 Å². The summed E-state index contributed by atoms with van der Waals surface area (Å²) in [5, 5.41) is 3.87. The van der Waals surface area contributed by atoms with Crippen LogP contribution in [0.2, 0.25) is 0 Å². The van der Waals surface area contributed by atoms with Crippen molar-refractivity contribution >= 4 is 15.8 Å². The number of hydrogen-bond donors (Lipinski definition) is 0. The number of esters is 1. The first-order valence-corrected chi connectivity index (χ1v) is 7.32. The van der Waals surface area contributed by atoms with Crippen LogP contribution in [0.15, 0.2) is 29.7 Å². The third-order valence-corrected chi connectivity index (χ3v) is 4.35. The van der Waals surface area contributed by atoms with Gasteiger partial charge in [0, 0.05) is 0 Å². The maximum absolute atomic E-state index is 12.0. The maximum atomic E-state index is 12.0. The molecule has 0 fully saturated rings. The molecule has 2 aromatic heterocycles. The number of hydrogen-bond acceptors (Lipinski definition) is 7. The zero-order chi connectivity index (χ0) is 14.8. The van der Waals surface area contributed by atoms with Crippen molar-refractivity contribution in [2.45, 2.75) is 11.8 Å². The lowest BCUT2D eigenvalue weighted by Gasteiger charge is -2.08. The Hall–Kier alpha value is -2.29. The number of pyridine rings is 1. The number of carbonyl (C=O) groups is 1. The van der Waals surface area contributed by atoms with E-state index < -0.39 is 15.8 Å². The van der Waals surface area contributed by atoms with Gasteiger partial charge in [0.1, 0.15) is 17.6 Å². The van der Waals surface area contributed by atoms with Crippen molar-refractivity contribution in [2.24, 2.45) is 0 Å². The Labute approximate surface area is 115 Å². The lowest BCUT2D eigenvalue weighted by molar-refractivity contribution is 0.0589. The van der Waals surface area contributed by atoms with Crippen LogP contribution in [0.25, 0.3) is 5.82 Å². The van der Waals surface area contributed by atoms with Crippen LogP contribution in [0.4, 0.5) is 0 Å². The number of methoxy groups -OCH3 is 1. The first-order chi connectivity index (χ1) is 9.49. The van der Waals surface area contributed by atoms with Gasteiger partial charge in [-0.1, -0.05) is 6.92 Å². The highest BCUT2D eigenvalue weighted by atomic mass is 32.2. The Morgan fingerprint density at radius 2 is 2.15 bits per heavy atom. The molecule has 0 aromatic carbocycles. The molecule has 0 atom stereocenters. The molecule has 2 rings (SSSR count). The van der Waals surface area contributed by atoms with Gasteiger partial charge in [-0.25, -0.2) is 27.9 Å². The minimum Gasteiger partial charge on any atom is -0.464 e. The van der Waals surface area contributed by atoms with Gasteiger partial charge in [-0.15, -0.1) is 0 Å². The largest absolute Gasteiger partial charge is 0.464 e. The van der Waals surface area contributed by atoms with Gasteiger partial charge >= 0.3 is 5.97 Å². The number of nitrogens with zero attached hydrogens (tertiary/aromatic N) is 4. The predicted octanol–water partition coefficient (Wildman–Crippen LogP) is 0.242. The standard InChI is InChI=1S/C11H12N4O4S/c1-3-20(17,18)8-4-5-9(15-7-12-6-13-15)14-10(8)11(16)19-2/h4-7H,3H2,1-2H3. The number of ether oxygens (including phenoxy) is 1. The lowest BCUT2D eigenvalue weighted by atomic mass is 10.3. The van der Waals surface area contributed by atoms with Crippen molar-refractivity contribution in [2.75, 3.05) is 12.9 Å². The molecule has 0 bridgehead atoms. The maximum Gasteiger partial charge on any atom is 0.358 e. The Morgan fingerprint density at radius 3 is 2.70 bits per heavy atom. The van der Waals surface area contributed by atoms with Gasteiger partial charge in [0.15, 0.2) is 21.3 Å². The zero-order valence-electron chi connectivity index (χ0n) is 10.8. The minimum atomic E-state index is -3.58. The lowest BCUT2D eigenvalue weighted by Crippen LogP contribution is -2.16. The fourth-order valence-electron chi connectivity index (χ4n) is 1.54. The number of rotatable bonds is 4. The van der Waals surface area contributed by atoms with E-state index in [2.05, 4.69) is 19.8 Å². The molecule has 0 radical (unpaired) electrons. The third kappa shape index (κ3) is 2.52. The van der Waals surface area contributed by atoms with E-state index in [1.54, 1.807) is 0 Å². The second kappa shape index (κ2) is 5.37. The highest BCUT2D eigenvalue weighted by Gasteiger charge is 2.24. The SMILES string of the molecule is CCS(=O)(=O)c1ccc(-n2cncn2)nc1C(=O)OC. The summed E-state index contributed by atoms with van der Waals surface area (Å²) >= 11 is 0. The molecule has 2 aromatic rings. The van der Waals surface area contributed by atoms with E-state index in [1.807, 2.05) is 0 Å². The summed E-state index contributed by atoms with van der Waals surface area (Å²) in [6.07, 6.45) is 2.69. The quantitative estimate of drug-likeness (QED) is 0.744. The van der Waals surface area contributed by atoms with E-state index >= 15 is 0 Å². The summed E-state index contributed by atoms with van der Waals surface area (Å²) in [5.41, 5.74) is -0.262. The molecule has 0 aliphatic heterocycles. The number of aromatic nitrogens is 4. The van der Waals surface area contributed by atoms with Gasteiger partial charge < -0.3 is 4.74 Å². The fraction of sp³-hybridized carbons (Fsp3) is 0.273.